The summed E-state index contributed by atoms with van der Waals surface area (Å²) in [4.78, 5) is 29.9. The van der Waals surface area contributed by atoms with E-state index in [0.29, 0.717) is 29.6 Å². The number of halogens is 1. The van der Waals surface area contributed by atoms with Crippen molar-refractivity contribution in [1.29, 1.82) is 0 Å². The maximum Gasteiger partial charge on any atom is 0.264 e. The number of aryl methyl sites for hydroxylation is 1. The zero-order chi connectivity index (χ0) is 34.0. The number of rotatable bonds is 15. The Bertz CT molecular complexity index is 1710. The summed E-state index contributed by atoms with van der Waals surface area (Å²) in [6.07, 6.45) is 0.236. The smallest absolute Gasteiger partial charge is 0.264 e. The van der Waals surface area contributed by atoms with E-state index in [0.717, 1.165) is 21.0 Å². The van der Waals surface area contributed by atoms with Crippen LogP contribution in [0.15, 0.2) is 108 Å². The maximum atomic E-state index is 14.6. The van der Waals surface area contributed by atoms with E-state index in [1.807, 2.05) is 58.0 Å². The van der Waals surface area contributed by atoms with Gasteiger partial charge in [-0.1, -0.05) is 85.6 Å². The molecule has 0 aliphatic carbocycles. The van der Waals surface area contributed by atoms with Crippen molar-refractivity contribution in [2.45, 2.75) is 51.6 Å². The van der Waals surface area contributed by atoms with Gasteiger partial charge in [-0.3, -0.25) is 13.9 Å². The number of amides is 2. The first-order chi connectivity index (χ1) is 22.5. The van der Waals surface area contributed by atoms with Crippen LogP contribution < -0.4 is 14.4 Å². The summed E-state index contributed by atoms with van der Waals surface area (Å²) in [6, 6.07) is 28.6. The van der Waals surface area contributed by atoms with Gasteiger partial charge >= 0.3 is 0 Å². The predicted octanol–water partition coefficient (Wildman–Crippen LogP) is 6.65. The largest absolute Gasteiger partial charge is 0.494 e. The molecule has 0 unspecified atom stereocenters. The van der Waals surface area contributed by atoms with E-state index in [4.69, 9.17) is 16.3 Å². The Balaban J connectivity index is 1.78. The minimum absolute atomic E-state index is 0.00842. The van der Waals surface area contributed by atoms with Gasteiger partial charge in [-0.2, -0.15) is 0 Å². The summed E-state index contributed by atoms with van der Waals surface area (Å²) >= 11 is 6.16. The van der Waals surface area contributed by atoms with E-state index in [2.05, 4.69) is 5.32 Å². The van der Waals surface area contributed by atoms with Crippen LogP contribution in [0.4, 0.5) is 5.69 Å². The molecule has 0 aliphatic rings. The quantitative estimate of drug-likeness (QED) is 0.152. The minimum atomic E-state index is -4.22. The highest BCUT2D eigenvalue weighted by Crippen LogP contribution is 2.27. The number of benzene rings is 4. The molecule has 0 aliphatic heterocycles. The summed E-state index contributed by atoms with van der Waals surface area (Å²) in [6.45, 7) is 8.13. The molecule has 10 heteroatoms. The molecule has 4 rings (SSSR count). The molecule has 1 N–H and O–H groups in total. The number of nitrogens with one attached hydrogen (secondary N) is 1. The third-order valence-electron chi connectivity index (χ3n) is 7.55. The number of ether oxygens (including phenoxy) is 1. The number of carbonyl (C=O) groups is 2. The number of carbonyl (C=O) groups excluding carboxylic acids is 2. The van der Waals surface area contributed by atoms with Crippen LogP contribution in [0.25, 0.3) is 0 Å². The van der Waals surface area contributed by atoms with Gasteiger partial charge in [0.05, 0.1) is 17.2 Å². The van der Waals surface area contributed by atoms with Crippen LogP contribution in [0.3, 0.4) is 0 Å². The van der Waals surface area contributed by atoms with Crippen molar-refractivity contribution in [2.24, 2.45) is 5.92 Å². The van der Waals surface area contributed by atoms with Crippen LogP contribution in [0.1, 0.15) is 37.5 Å². The molecule has 47 heavy (non-hydrogen) atoms. The molecule has 0 fully saturated rings. The van der Waals surface area contributed by atoms with Gasteiger partial charge in [0.15, 0.2) is 0 Å². The second-order valence-electron chi connectivity index (χ2n) is 11.7. The van der Waals surface area contributed by atoms with Gasteiger partial charge in [-0.25, -0.2) is 8.42 Å². The van der Waals surface area contributed by atoms with Gasteiger partial charge in [0.1, 0.15) is 18.3 Å². The molecule has 0 radical (unpaired) electrons. The second kappa shape index (κ2) is 16.5. The van der Waals surface area contributed by atoms with Crippen molar-refractivity contribution >= 4 is 39.1 Å². The first-order valence-corrected chi connectivity index (χ1v) is 17.5. The molecule has 0 saturated carbocycles. The Morgan fingerprint density at radius 2 is 1.49 bits per heavy atom. The molecule has 0 aromatic heterocycles. The number of sulfonamides is 1. The van der Waals surface area contributed by atoms with Gasteiger partial charge in [0.2, 0.25) is 11.8 Å². The number of hydrogen-bond acceptors (Lipinski definition) is 5. The van der Waals surface area contributed by atoms with Crippen LogP contribution in [0.5, 0.6) is 5.75 Å². The van der Waals surface area contributed by atoms with Gasteiger partial charge in [-0.15, -0.1) is 0 Å². The Morgan fingerprint density at radius 1 is 0.851 bits per heavy atom. The molecule has 0 heterocycles. The third-order valence-corrected chi connectivity index (χ3v) is 9.59. The average molecular weight is 676 g/mol. The fraction of sp³-hybridized carbons (Fsp3) is 0.297. The first kappa shape index (κ1) is 35.5. The summed E-state index contributed by atoms with van der Waals surface area (Å²) in [7, 11) is -4.22. The molecule has 248 valence electrons. The van der Waals surface area contributed by atoms with E-state index in [-0.39, 0.29) is 29.7 Å². The highest BCUT2D eigenvalue weighted by molar-refractivity contribution is 7.92. The maximum absolute atomic E-state index is 14.6. The lowest BCUT2D eigenvalue weighted by atomic mass is 10.0. The van der Waals surface area contributed by atoms with E-state index >= 15 is 0 Å². The molecule has 4 aromatic carbocycles. The van der Waals surface area contributed by atoms with Crippen LogP contribution in [0.2, 0.25) is 5.02 Å². The van der Waals surface area contributed by atoms with Gasteiger partial charge < -0.3 is 15.0 Å². The highest BCUT2D eigenvalue weighted by atomic mass is 35.5. The molecular weight excluding hydrogens is 634 g/mol. The van der Waals surface area contributed by atoms with Crippen molar-refractivity contribution in [2.75, 3.05) is 24.0 Å². The van der Waals surface area contributed by atoms with Crippen LogP contribution >= 0.6 is 11.6 Å². The standard InChI is InChI=1S/C37H42ClN3O5S/c1-5-46-33-19-21-34(22-20-33)47(44,45)41(32-17-11-28(4)12-18-32)26-36(42)40(25-30-13-15-31(38)16-14-30)35(37(43)39-24-27(2)3)23-29-9-7-6-8-10-29/h6-22,27,35H,5,23-26H2,1-4H3,(H,39,43)/t35-/m0/s1. The van der Waals surface area contributed by atoms with E-state index in [1.54, 1.807) is 60.7 Å². The summed E-state index contributed by atoms with van der Waals surface area (Å²) < 4.78 is 35.1. The molecule has 0 saturated heterocycles. The fourth-order valence-corrected chi connectivity index (χ4v) is 6.54. The first-order valence-electron chi connectivity index (χ1n) is 15.7. The predicted molar refractivity (Wildman–Crippen MR) is 187 cm³/mol. The van der Waals surface area contributed by atoms with Crippen molar-refractivity contribution < 1.29 is 22.7 Å². The second-order valence-corrected chi connectivity index (χ2v) is 14.0. The minimum Gasteiger partial charge on any atom is -0.494 e. The zero-order valence-corrected chi connectivity index (χ0v) is 28.8. The SMILES string of the molecule is CCOc1ccc(S(=O)(=O)N(CC(=O)N(Cc2ccc(Cl)cc2)[C@@H](Cc2ccccc2)C(=O)NCC(C)C)c2ccc(C)cc2)cc1. The number of hydrogen-bond donors (Lipinski definition) is 1. The zero-order valence-electron chi connectivity index (χ0n) is 27.2. The van der Waals surface area contributed by atoms with E-state index < -0.39 is 28.5 Å². The molecule has 8 nitrogen and oxygen atoms in total. The normalized spacial score (nSPS) is 12.0. The molecule has 0 bridgehead atoms. The molecular formula is C37H42ClN3O5S. The third kappa shape index (κ3) is 9.83. The van der Waals surface area contributed by atoms with Crippen LogP contribution in [0, 0.1) is 12.8 Å². The fourth-order valence-electron chi connectivity index (χ4n) is 5.00. The number of anilines is 1. The van der Waals surface area contributed by atoms with E-state index in [9.17, 15) is 18.0 Å². The molecule has 2 amide bonds. The summed E-state index contributed by atoms with van der Waals surface area (Å²) in [5, 5.41) is 3.53. The molecule has 4 aromatic rings. The molecule has 1 atom stereocenters. The van der Waals surface area contributed by atoms with Gasteiger partial charge in [0, 0.05) is 24.5 Å². The Hall–Kier alpha value is -4.34. The summed E-state index contributed by atoms with van der Waals surface area (Å²) in [5.74, 6) is -0.125. The summed E-state index contributed by atoms with van der Waals surface area (Å²) in [5.41, 5.74) is 2.87. The van der Waals surface area contributed by atoms with Crippen LogP contribution in [-0.2, 0) is 32.6 Å². The average Bonchev–Trinajstić information content (AvgIpc) is 3.06. The van der Waals surface area contributed by atoms with Crippen LogP contribution in [-0.4, -0.2) is 50.9 Å². The Morgan fingerprint density at radius 3 is 2.09 bits per heavy atom. The Labute approximate surface area is 283 Å². The number of nitrogens with zero attached hydrogens (tertiary/aromatic N) is 2. The lowest BCUT2D eigenvalue weighted by molar-refractivity contribution is -0.140. The van der Waals surface area contributed by atoms with Crippen molar-refractivity contribution in [1.82, 2.24) is 10.2 Å². The lowest BCUT2D eigenvalue weighted by Crippen LogP contribution is -2.53. The lowest BCUT2D eigenvalue weighted by Gasteiger charge is -2.34. The van der Waals surface area contributed by atoms with E-state index in [1.165, 1.54) is 17.0 Å². The monoisotopic (exact) mass is 675 g/mol. The van der Waals surface area contributed by atoms with Gasteiger partial charge in [-0.05, 0) is 79.4 Å². The van der Waals surface area contributed by atoms with Crippen molar-refractivity contribution in [3.8, 4) is 5.75 Å². The van der Waals surface area contributed by atoms with Crippen molar-refractivity contribution in [3.63, 3.8) is 0 Å². The molecule has 0 spiro atoms. The highest BCUT2D eigenvalue weighted by Gasteiger charge is 2.34. The Kier molecular flexibility index (Phi) is 12.4. The van der Waals surface area contributed by atoms with Gasteiger partial charge in [0.25, 0.3) is 10.0 Å². The van der Waals surface area contributed by atoms with Crippen molar-refractivity contribution in [3.05, 3.63) is 125 Å². The topological polar surface area (TPSA) is 96.0 Å².